The van der Waals surface area contributed by atoms with Crippen molar-refractivity contribution in [3.63, 3.8) is 0 Å². The molecule has 4 rings (SSSR count). The van der Waals surface area contributed by atoms with E-state index < -0.39 is 11.3 Å². The van der Waals surface area contributed by atoms with E-state index in [1.165, 1.54) is 11.1 Å². The van der Waals surface area contributed by atoms with Crippen molar-refractivity contribution in [2.45, 2.75) is 50.3 Å². The van der Waals surface area contributed by atoms with Crippen molar-refractivity contribution in [1.82, 2.24) is 4.90 Å². The van der Waals surface area contributed by atoms with Gasteiger partial charge in [-0.2, -0.15) is 0 Å². The second-order valence-electron chi connectivity index (χ2n) is 6.54. The summed E-state index contributed by atoms with van der Waals surface area (Å²) < 4.78 is 12.2. The Bertz CT molecular complexity index is 544. The summed E-state index contributed by atoms with van der Waals surface area (Å²) in [6, 6.07) is 8.39. The lowest BCUT2D eigenvalue weighted by atomic mass is 9.79. The van der Waals surface area contributed by atoms with Crippen molar-refractivity contribution in [2.24, 2.45) is 0 Å². The normalized spacial score (nSPS) is 38.4. The molecule has 4 nitrogen and oxygen atoms in total. The highest BCUT2D eigenvalue weighted by atomic mass is 16.8. The van der Waals surface area contributed by atoms with Crippen LogP contribution in [0.5, 0.6) is 0 Å². The molecular formula is C16H21NO3. The van der Waals surface area contributed by atoms with Crippen LogP contribution in [0.2, 0.25) is 0 Å². The van der Waals surface area contributed by atoms with Crippen molar-refractivity contribution < 1.29 is 14.6 Å². The zero-order valence-corrected chi connectivity index (χ0v) is 12.0. The van der Waals surface area contributed by atoms with Crippen LogP contribution in [0, 0.1) is 0 Å². The lowest BCUT2D eigenvalue weighted by Gasteiger charge is -2.47. The second-order valence-corrected chi connectivity index (χ2v) is 6.54. The number of aliphatic hydroxyl groups is 1. The monoisotopic (exact) mass is 275 g/mol. The Balaban J connectivity index is 1.85. The van der Waals surface area contributed by atoms with Crippen molar-refractivity contribution in [3.8, 4) is 0 Å². The summed E-state index contributed by atoms with van der Waals surface area (Å²) in [5.41, 5.74) is 2.07. The van der Waals surface area contributed by atoms with Crippen molar-refractivity contribution in [1.29, 1.82) is 0 Å². The fourth-order valence-corrected chi connectivity index (χ4v) is 4.22. The third-order valence-corrected chi connectivity index (χ3v) is 4.99. The van der Waals surface area contributed by atoms with Crippen LogP contribution in [-0.4, -0.2) is 41.2 Å². The molecular weight excluding hydrogens is 254 g/mol. The van der Waals surface area contributed by atoms with Crippen LogP contribution < -0.4 is 0 Å². The molecule has 0 radical (unpaired) electrons. The minimum absolute atomic E-state index is 0.0690. The summed E-state index contributed by atoms with van der Waals surface area (Å²) in [5, 5.41) is 10.2. The SMILES string of the molecule is CC1(C)O[C@@H]2[C@@H](CCN3Cc4ccccc4[C@]23CO)O1. The summed E-state index contributed by atoms with van der Waals surface area (Å²) in [5.74, 6) is -0.564. The van der Waals surface area contributed by atoms with Gasteiger partial charge < -0.3 is 14.6 Å². The van der Waals surface area contributed by atoms with Gasteiger partial charge in [0.25, 0.3) is 0 Å². The van der Waals surface area contributed by atoms with Crippen LogP contribution in [0.15, 0.2) is 24.3 Å². The van der Waals surface area contributed by atoms with E-state index in [0.29, 0.717) is 0 Å². The molecule has 2 fully saturated rings. The molecule has 0 aliphatic carbocycles. The van der Waals surface area contributed by atoms with Gasteiger partial charge in [0.05, 0.1) is 18.2 Å². The maximum Gasteiger partial charge on any atom is 0.163 e. The topological polar surface area (TPSA) is 41.9 Å². The Kier molecular flexibility index (Phi) is 2.58. The predicted molar refractivity (Wildman–Crippen MR) is 74.1 cm³/mol. The third kappa shape index (κ3) is 1.51. The summed E-state index contributed by atoms with van der Waals surface area (Å²) in [6.07, 6.45) is 0.934. The average Bonchev–Trinajstić information content (AvgIpc) is 2.92. The molecule has 20 heavy (non-hydrogen) atoms. The number of aliphatic hydroxyl groups excluding tert-OH is 1. The fraction of sp³-hybridized carbons (Fsp3) is 0.625. The number of benzene rings is 1. The average molecular weight is 275 g/mol. The predicted octanol–water partition coefficient (Wildman–Crippen LogP) is 1.61. The van der Waals surface area contributed by atoms with E-state index >= 15 is 0 Å². The van der Waals surface area contributed by atoms with E-state index in [4.69, 9.17) is 9.47 Å². The summed E-state index contributed by atoms with van der Waals surface area (Å²) in [6.45, 7) is 5.83. The summed E-state index contributed by atoms with van der Waals surface area (Å²) in [4.78, 5) is 2.36. The standard InChI is InChI=1S/C16H21NO3/c1-15(2)19-13-7-8-17-9-11-5-3-4-6-12(11)16(17,10-18)14(13)20-15/h3-6,13-14,18H,7-10H2,1-2H3/t13-,14-,16-/m1/s1. The van der Waals surface area contributed by atoms with Crippen molar-refractivity contribution in [2.75, 3.05) is 13.2 Å². The van der Waals surface area contributed by atoms with Gasteiger partial charge in [0.15, 0.2) is 5.79 Å². The lowest BCUT2D eigenvalue weighted by Crippen LogP contribution is -2.60. The van der Waals surface area contributed by atoms with E-state index in [1.807, 2.05) is 19.9 Å². The van der Waals surface area contributed by atoms with E-state index in [-0.39, 0.29) is 18.8 Å². The van der Waals surface area contributed by atoms with Gasteiger partial charge in [0.2, 0.25) is 0 Å². The minimum Gasteiger partial charge on any atom is -0.394 e. The Morgan fingerprint density at radius 3 is 2.90 bits per heavy atom. The van der Waals surface area contributed by atoms with E-state index in [0.717, 1.165) is 19.5 Å². The number of piperidine rings is 1. The Labute approximate surface area is 119 Å². The number of hydrogen-bond donors (Lipinski definition) is 1. The molecule has 0 aromatic heterocycles. The first-order valence-electron chi connectivity index (χ1n) is 7.37. The fourth-order valence-electron chi connectivity index (χ4n) is 4.22. The first kappa shape index (κ1) is 12.8. The third-order valence-electron chi connectivity index (χ3n) is 4.99. The zero-order valence-electron chi connectivity index (χ0n) is 12.0. The minimum atomic E-state index is -0.564. The highest BCUT2D eigenvalue weighted by molar-refractivity contribution is 5.41. The van der Waals surface area contributed by atoms with Gasteiger partial charge in [0.1, 0.15) is 6.10 Å². The first-order valence-corrected chi connectivity index (χ1v) is 7.37. The number of nitrogens with zero attached hydrogens (tertiary/aromatic N) is 1. The van der Waals surface area contributed by atoms with Gasteiger partial charge >= 0.3 is 0 Å². The molecule has 0 amide bonds. The molecule has 4 heteroatoms. The Hall–Kier alpha value is -0.940. The molecule has 1 N–H and O–H groups in total. The van der Waals surface area contributed by atoms with Crippen molar-refractivity contribution >= 4 is 0 Å². The van der Waals surface area contributed by atoms with Gasteiger partial charge in [-0.25, -0.2) is 0 Å². The molecule has 3 aliphatic heterocycles. The molecule has 3 heterocycles. The zero-order chi connectivity index (χ0) is 14.0. The smallest absolute Gasteiger partial charge is 0.163 e. The summed E-state index contributed by atoms with van der Waals surface area (Å²) >= 11 is 0. The van der Waals surface area contributed by atoms with Crippen LogP contribution in [0.1, 0.15) is 31.4 Å². The lowest BCUT2D eigenvalue weighted by molar-refractivity contribution is -0.162. The van der Waals surface area contributed by atoms with E-state index in [1.54, 1.807) is 0 Å². The number of rotatable bonds is 1. The quantitative estimate of drug-likeness (QED) is 0.845. The van der Waals surface area contributed by atoms with Crippen LogP contribution in [0.25, 0.3) is 0 Å². The Morgan fingerprint density at radius 2 is 2.10 bits per heavy atom. The maximum atomic E-state index is 10.2. The van der Waals surface area contributed by atoms with E-state index in [9.17, 15) is 5.11 Å². The number of hydrogen-bond acceptors (Lipinski definition) is 4. The molecule has 108 valence electrons. The van der Waals surface area contributed by atoms with Crippen LogP contribution in [0.4, 0.5) is 0 Å². The molecule has 1 aromatic rings. The molecule has 0 unspecified atom stereocenters. The van der Waals surface area contributed by atoms with E-state index in [2.05, 4.69) is 23.1 Å². The first-order chi connectivity index (χ1) is 9.57. The molecule has 3 atom stereocenters. The molecule has 0 spiro atoms. The molecule has 1 aromatic carbocycles. The van der Waals surface area contributed by atoms with Gasteiger partial charge in [-0.3, -0.25) is 4.90 Å². The van der Waals surface area contributed by atoms with Gasteiger partial charge in [-0.05, 0) is 31.4 Å². The van der Waals surface area contributed by atoms with Crippen molar-refractivity contribution in [3.05, 3.63) is 35.4 Å². The van der Waals surface area contributed by atoms with Gasteiger partial charge in [-0.1, -0.05) is 24.3 Å². The van der Waals surface area contributed by atoms with Gasteiger partial charge in [-0.15, -0.1) is 0 Å². The number of fused-ring (bicyclic) bond motifs is 5. The Morgan fingerprint density at radius 1 is 1.30 bits per heavy atom. The molecule has 2 saturated heterocycles. The van der Waals surface area contributed by atoms with Crippen LogP contribution >= 0.6 is 0 Å². The number of ether oxygens (including phenoxy) is 2. The maximum absolute atomic E-state index is 10.2. The van der Waals surface area contributed by atoms with Crippen LogP contribution in [0.3, 0.4) is 0 Å². The molecule has 3 aliphatic rings. The summed E-state index contributed by atoms with van der Waals surface area (Å²) in [7, 11) is 0. The van der Waals surface area contributed by atoms with Gasteiger partial charge in [0, 0.05) is 13.1 Å². The molecule has 0 bridgehead atoms. The van der Waals surface area contributed by atoms with Crippen LogP contribution in [-0.2, 0) is 21.6 Å². The molecule has 0 saturated carbocycles. The highest BCUT2D eigenvalue weighted by Gasteiger charge is 2.61. The largest absolute Gasteiger partial charge is 0.394 e. The second kappa shape index (κ2) is 4.04. The highest BCUT2D eigenvalue weighted by Crippen LogP contribution is 2.51.